The lowest BCUT2D eigenvalue weighted by Crippen LogP contribution is -2.20. The van der Waals surface area contributed by atoms with Gasteiger partial charge >= 0.3 is 6.18 Å². The topological polar surface area (TPSA) is 106 Å². The highest BCUT2D eigenvalue weighted by Crippen LogP contribution is 2.34. The minimum absolute atomic E-state index is 0.0284. The number of nitrogens with two attached hydrogens (primary N) is 1. The summed E-state index contributed by atoms with van der Waals surface area (Å²) in [6.45, 7) is 0. The number of hydrogen-bond donors (Lipinski definition) is 3. The van der Waals surface area contributed by atoms with Gasteiger partial charge in [0.25, 0.3) is 5.91 Å². The summed E-state index contributed by atoms with van der Waals surface area (Å²) in [7, 11) is 0. The standard InChI is InChI=1S/C17H18F3N5O2S/c1-28-16-23-15(21)25(24-16)12-7-6-9(17(18,19)20)8-11(12)22-14(27)10-4-2-3-5-13(10)26/h6-8,26H,2-5H2,1H3,(H,22,27)(H2,21,23,24). The Hall–Kier alpha value is -2.69. The molecule has 1 aliphatic carbocycles. The van der Waals surface area contributed by atoms with Gasteiger partial charge < -0.3 is 16.2 Å². The lowest BCUT2D eigenvalue weighted by Gasteiger charge is -2.18. The van der Waals surface area contributed by atoms with Crippen molar-refractivity contribution in [2.45, 2.75) is 37.0 Å². The van der Waals surface area contributed by atoms with E-state index in [1.165, 1.54) is 17.8 Å². The van der Waals surface area contributed by atoms with Crippen molar-refractivity contribution in [1.29, 1.82) is 0 Å². The maximum absolute atomic E-state index is 13.2. The third kappa shape index (κ3) is 4.08. The van der Waals surface area contributed by atoms with E-state index in [1.54, 1.807) is 6.26 Å². The molecule has 0 atom stereocenters. The molecule has 0 saturated carbocycles. The van der Waals surface area contributed by atoms with Gasteiger partial charge in [0.05, 0.1) is 22.5 Å². The molecular formula is C17H18F3N5O2S. The molecule has 11 heteroatoms. The van der Waals surface area contributed by atoms with Gasteiger partial charge in [-0.1, -0.05) is 11.8 Å². The van der Waals surface area contributed by atoms with Crippen LogP contribution >= 0.6 is 11.8 Å². The molecule has 1 amide bonds. The van der Waals surface area contributed by atoms with E-state index in [9.17, 15) is 23.1 Å². The number of hydrogen-bond acceptors (Lipinski definition) is 6. The maximum Gasteiger partial charge on any atom is 0.416 e. The summed E-state index contributed by atoms with van der Waals surface area (Å²) in [6, 6.07) is 2.86. The lowest BCUT2D eigenvalue weighted by atomic mass is 9.97. The number of carbonyl (C=O) groups is 1. The van der Waals surface area contributed by atoms with Crippen molar-refractivity contribution in [3.8, 4) is 5.69 Å². The third-order valence-corrected chi connectivity index (χ3v) is 4.85. The van der Waals surface area contributed by atoms with Crippen molar-refractivity contribution in [2.24, 2.45) is 0 Å². The Labute approximate surface area is 162 Å². The minimum atomic E-state index is -4.59. The normalized spacial score (nSPS) is 15.0. The number of benzene rings is 1. The Balaban J connectivity index is 2.05. The first-order chi connectivity index (χ1) is 13.2. The van der Waals surface area contributed by atoms with E-state index in [1.807, 2.05) is 0 Å². The average molecular weight is 413 g/mol. The Morgan fingerprint density at radius 1 is 1.32 bits per heavy atom. The molecule has 1 aromatic heterocycles. The highest BCUT2D eigenvalue weighted by atomic mass is 32.2. The zero-order valence-electron chi connectivity index (χ0n) is 14.9. The molecule has 0 spiro atoms. The van der Waals surface area contributed by atoms with E-state index < -0.39 is 17.6 Å². The summed E-state index contributed by atoms with van der Waals surface area (Å²) in [5.74, 6) is -0.719. The highest BCUT2D eigenvalue weighted by Gasteiger charge is 2.32. The van der Waals surface area contributed by atoms with Crippen molar-refractivity contribution >= 4 is 29.3 Å². The predicted octanol–water partition coefficient (Wildman–Crippen LogP) is 3.91. The van der Waals surface area contributed by atoms with Crippen molar-refractivity contribution in [3.05, 3.63) is 35.1 Å². The van der Waals surface area contributed by atoms with Gasteiger partial charge in [0.2, 0.25) is 11.1 Å². The second-order valence-corrected chi connectivity index (χ2v) is 6.96. The summed E-state index contributed by atoms with van der Waals surface area (Å²) in [4.78, 5) is 16.6. The second kappa shape index (κ2) is 7.74. The van der Waals surface area contributed by atoms with Gasteiger partial charge in [-0.3, -0.25) is 4.79 Å². The fraction of sp³-hybridized carbons (Fsp3) is 0.353. The number of nitrogens with zero attached hydrogens (tertiary/aromatic N) is 3. The maximum atomic E-state index is 13.2. The number of rotatable bonds is 4. The monoisotopic (exact) mass is 413 g/mol. The van der Waals surface area contributed by atoms with Crippen LogP contribution in [0.5, 0.6) is 0 Å². The van der Waals surface area contributed by atoms with Gasteiger partial charge in [0, 0.05) is 6.42 Å². The zero-order valence-corrected chi connectivity index (χ0v) is 15.7. The molecule has 0 unspecified atom stereocenters. The van der Waals surface area contributed by atoms with Crippen LogP contribution in [0.1, 0.15) is 31.2 Å². The number of thioether (sulfide) groups is 1. The number of aliphatic hydroxyl groups excluding tert-OH is 1. The number of aliphatic hydroxyl groups is 1. The van der Waals surface area contributed by atoms with E-state index in [0.717, 1.165) is 29.7 Å². The van der Waals surface area contributed by atoms with Gasteiger partial charge in [-0.2, -0.15) is 22.8 Å². The molecule has 1 heterocycles. The Bertz CT molecular complexity index is 939. The fourth-order valence-electron chi connectivity index (χ4n) is 2.90. The van der Waals surface area contributed by atoms with Crippen molar-refractivity contribution in [1.82, 2.24) is 14.8 Å². The number of carbonyl (C=O) groups excluding carboxylic acids is 1. The van der Waals surface area contributed by atoms with Crippen LogP contribution in [0.4, 0.5) is 24.8 Å². The van der Waals surface area contributed by atoms with Crippen molar-refractivity contribution in [2.75, 3.05) is 17.3 Å². The van der Waals surface area contributed by atoms with Crippen LogP contribution in [0.3, 0.4) is 0 Å². The molecule has 0 radical (unpaired) electrons. The number of halogens is 3. The van der Waals surface area contributed by atoms with Gasteiger partial charge in [-0.05, 0) is 43.7 Å². The summed E-state index contributed by atoms with van der Waals surface area (Å²) < 4.78 is 40.7. The number of aromatic nitrogens is 3. The van der Waals surface area contributed by atoms with Gasteiger partial charge in [-0.15, -0.1) is 5.10 Å². The Morgan fingerprint density at radius 2 is 2.04 bits per heavy atom. The largest absolute Gasteiger partial charge is 0.512 e. The molecule has 0 aliphatic heterocycles. The molecule has 1 aliphatic rings. The number of allylic oxidation sites excluding steroid dienone is 1. The van der Waals surface area contributed by atoms with Gasteiger partial charge in [0.1, 0.15) is 5.76 Å². The van der Waals surface area contributed by atoms with Crippen molar-refractivity contribution in [3.63, 3.8) is 0 Å². The summed E-state index contributed by atoms with van der Waals surface area (Å²) >= 11 is 1.22. The van der Waals surface area contributed by atoms with Crippen LogP contribution in [0.25, 0.3) is 5.69 Å². The van der Waals surface area contributed by atoms with Crippen LogP contribution in [0, 0.1) is 0 Å². The van der Waals surface area contributed by atoms with E-state index in [0.29, 0.717) is 18.0 Å². The molecule has 1 aromatic carbocycles. The quantitative estimate of drug-likeness (QED) is 0.656. The zero-order chi connectivity index (χ0) is 20.5. The van der Waals surface area contributed by atoms with Crippen LogP contribution in [0.15, 0.2) is 34.7 Å². The van der Waals surface area contributed by atoms with Crippen LogP contribution < -0.4 is 11.1 Å². The number of nitrogens with one attached hydrogen (secondary N) is 1. The summed E-state index contributed by atoms with van der Waals surface area (Å²) in [5.41, 5.74) is 5.08. The predicted molar refractivity (Wildman–Crippen MR) is 99.3 cm³/mol. The minimum Gasteiger partial charge on any atom is -0.512 e. The average Bonchev–Trinajstić information content (AvgIpc) is 3.02. The van der Waals surface area contributed by atoms with Gasteiger partial charge in [-0.25, -0.2) is 0 Å². The van der Waals surface area contributed by atoms with Crippen LogP contribution in [-0.2, 0) is 11.0 Å². The first-order valence-corrected chi connectivity index (χ1v) is 9.63. The van der Waals surface area contributed by atoms with E-state index in [-0.39, 0.29) is 28.7 Å². The second-order valence-electron chi connectivity index (χ2n) is 6.18. The SMILES string of the molecule is CSc1nc(N)n(-c2ccc(C(F)(F)F)cc2NC(=O)C2=C(O)CCCC2)n1. The molecular weight excluding hydrogens is 395 g/mol. The number of anilines is 2. The fourth-order valence-corrected chi connectivity index (χ4v) is 3.25. The molecule has 2 aromatic rings. The lowest BCUT2D eigenvalue weighted by molar-refractivity contribution is -0.137. The summed E-state index contributed by atoms with van der Waals surface area (Å²) in [5, 5.41) is 16.9. The molecule has 0 bridgehead atoms. The number of amides is 1. The first-order valence-electron chi connectivity index (χ1n) is 8.41. The first kappa shape index (κ1) is 20.1. The smallest absolute Gasteiger partial charge is 0.416 e. The van der Waals surface area contributed by atoms with Crippen LogP contribution in [-0.4, -0.2) is 32.0 Å². The third-order valence-electron chi connectivity index (χ3n) is 4.31. The molecule has 4 N–H and O–H groups in total. The van der Waals surface area contributed by atoms with E-state index >= 15 is 0 Å². The van der Waals surface area contributed by atoms with Crippen LogP contribution in [0.2, 0.25) is 0 Å². The highest BCUT2D eigenvalue weighted by molar-refractivity contribution is 7.98. The molecule has 3 rings (SSSR count). The number of alkyl halides is 3. The van der Waals surface area contributed by atoms with E-state index in [2.05, 4.69) is 15.4 Å². The Morgan fingerprint density at radius 3 is 2.64 bits per heavy atom. The Kier molecular flexibility index (Phi) is 5.54. The molecule has 7 nitrogen and oxygen atoms in total. The molecule has 28 heavy (non-hydrogen) atoms. The molecule has 0 saturated heterocycles. The van der Waals surface area contributed by atoms with Gasteiger partial charge in [0.15, 0.2) is 0 Å². The van der Waals surface area contributed by atoms with Crippen molar-refractivity contribution < 1.29 is 23.1 Å². The molecule has 150 valence electrons. The van der Waals surface area contributed by atoms with E-state index in [4.69, 9.17) is 5.73 Å². The number of nitrogen functional groups attached to an aromatic ring is 1. The molecule has 0 fully saturated rings. The summed E-state index contributed by atoms with van der Waals surface area (Å²) in [6.07, 6.45) is -0.672.